The van der Waals surface area contributed by atoms with Crippen LogP contribution in [0.1, 0.15) is 24.1 Å². The summed E-state index contributed by atoms with van der Waals surface area (Å²) in [6.07, 6.45) is 0.305. The summed E-state index contributed by atoms with van der Waals surface area (Å²) in [4.78, 5) is 29.8. The van der Waals surface area contributed by atoms with E-state index in [1.165, 1.54) is 23.1 Å². The zero-order chi connectivity index (χ0) is 24.9. The first kappa shape index (κ1) is 24.0. The van der Waals surface area contributed by atoms with Gasteiger partial charge in [0, 0.05) is 5.69 Å². The van der Waals surface area contributed by atoms with Gasteiger partial charge >= 0.3 is 0 Å². The van der Waals surface area contributed by atoms with E-state index in [1.807, 2.05) is 85.8 Å². The Morgan fingerprint density at radius 1 is 0.917 bits per heavy atom. The summed E-state index contributed by atoms with van der Waals surface area (Å²) in [5.41, 5.74) is 3.67. The summed E-state index contributed by atoms with van der Waals surface area (Å²) >= 11 is 2.94. The van der Waals surface area contributed by atoms with E-state index in [4.69, 9.17) is 0 Å². The van der Waals surface area contributed by atoms with Crippen molar-refractivity contribution in [1.29, 1.82) is 0 Å². The number of hydrogen-bond acceptors (Lipinski definition) is 5. The predicted molar refractivity (Wildman–Crippen MR) is 150 cm³/mol. The maximum Gasteiger partial charge on any atom is 0.230 e. The second-order valence-electron chi connectivity index (χ2n) is 8.51. The molecule has 1 heterocycles. The molecular weight excluding hydrogens is 486 g/mol. The Morgan fingerprint density at radius 2 is 1.69 bits per heavy atom. The largest absolute Gasteiger partial charge is 0.349 e. The van der Waals surface area contributed by atoms with Gasteiger partial charge in [-0.1, -0.05) is 84.6 Å². The molecule has 180 valence electrons. The molecule has 7 heteroatoms. The summed E-state index contributed by atoms with van der Waals surface area (Å²) < 4.78 is 1.80. The average Bonchev–Trinajstić information content (AvgIpc) is 3.30. The molecule has 0 bridgehead atoms. The molecule has 2 amide bonds. The van der Waals surface area contributed by atoms with Gasteiger partial charge in [0.2, 0.25) is 11.8 Å². The number of aromatic nitrogens is 1. The Hall–Kier alpha value is -3.68. The minimum Gasteiger partial charge on any atom is -0.349 e. The van der Waals surface area contributed by atoms with E-state index in [2.05, 4.69) is 27.8 Å². The van der Waals surface area contributed by atoms with Gasteiger partial charge in [0.25, 0.3) is 0 Å². The number of carbonyl (C=O) groups is 2. The Morgan fingerprint density at radius 3 is 2.56 bits per heavy atom. The maximum atomic E-state index is 12.8. The number of thiazole rings is 1. The highest BCUT2D eigenvalue weighted by atomic mass is 32.2. The molecule has 1 unspecified atom stereocenters. The minimum absolute atomic E-state index is 0.0306. The third-order valence-corrected chi connectivity index (χ3v) is 8.05. The summed E-state index contributed by atoms with van der Waals surface area (Å²) in [6, 6.07) is 29.7. The average molecular weight is 512 g/mol. The fraction of sp³-hybridized carbons (Fsp3) is 0.138. The van der Waals surface area contributed by atoms with Gasteiger partial charge < -0.3 is 10.6 Å². The van der Waals surface area contributed by atoms with Crippen LogP contribution in [0.4, 0.5) is 5.69 Å². The van der Waals surface area contributed by atoms with Gasteiger partial charge in [-0.25, -0.2) is 4.98 Å². The molecule has 2 N–H and O–H groups in total. The number of benzene rings is 4. The van der Waals surface area contributed by atoms with Crippen molar-refractivity contribution in [2.24, 2.45) is 0 Å². The SMILES string of the molecule is CC(NC(=O)CSc1nc2ccc(NC(=O)Cc3cccc4ccccc34)cc2s1)c1ccccc1. The third-order valence-electron chi connectivity index (χ3n) is 5.89. The maximum absolute atomic E-state index is 12.8. The first-order valence-electron chi connectivity index (χ1n) is 11.7. The lowest BCUT2D eigenvalue weighted by molar-refractivity contribution is -0.119. The molecule has 1 atom stereocenters. The number of amides is 2. The Labute approximate surface area is 218 Å². The quantitative estimate of drug-likeness (QED) is 0.230. The number of thioether (sulfide) groups is 1. The van der Waals surface area contributed by atoms with Crippen molar-refractivity contribution < 1.29 is 9.59 Å². The second kappa shape index (κ2) is 10.9. The molecule has 0 aliphatic heterocycles. The lowest BCUT2D eigenvalue weighted by atomic mass is 10.0. The van der Waals surface area contributed by atoms with Gasteiger partial charge in [0.05, 0.1) is 28.4 Å². The van der Waals surface area contributed by atoms with Crippen molar-refractivity contribution in [2.75, 3.05) is 11.1 Å². The number of carbonyl (C=O) groups excluding carboxylic acids is 2. The molecule has 0 radical (unpaired) electrons. The minimum atomic E-state index is -0.0611. The smallest absolute Gasteiger partial charge is 0.230 e. The highest BCUT2D eigenvalue weighted by molar-refractivity contribution is 8.01. The molecule has 1 aromatic heterocycles. The summed E-state index contributed by atoms with van der Waals surface area (Å²) in [6.45, 7) is 1.98. The highest BCUT2D eigenvalue weighted by Gasteiger charge is 2.13. The van der Waals surface area contributed by atoms with Gasteiger partial charge in [0.15, 0.2) is 4.34 Å². The van der Waals surface area contributed by atoms with Crippen LogP contribution in [0.5, 0.6) is 0 Å². The van der Waals surface area contributed by atoms with Crippen LogP contribution < -0.4 is 10.6 Å². The number of anilines is 1. The van der Waals surface area contributed by atoms with E-state index in [1.54, 1.807) is 0 Å². The Balaban J connectivity index is 1.19. The number of fused-ring (bicyclic) bond motifs is 2. The lowest BCUT2D eigenvalue weighted by Crippen LogP contribution is -2.28. The summed E-state index contributed by atoms with van der Waals surface area (Å²) in [7, 11) is 0. The monoisotopic (exact) mass is 511 g/mol. The Bertz CT molecular complexity index is 1530. The molecule has 5 rings (SSSR count). The van der Waals surface area contributed by atoms with Crippen molar-refractivity contribution in [3.05, 3.63) is 102 Å². The van der Waals surface area contributed by atoms with Gasteiger partial charge in [-0.2, -0.15) is 0 Å². The molecule has 36 heavy (non-hydrogen) atoms. The molecule has 5 nitrogen and oxygen atoms in total. The molecule has 0 saturated carbocycles. The van der Waals surface area contributed by atoms with Crippen LogP contribution in [0.3, 0.4) is 0 Å². The molecule has 5 aromatic rings. The first-order valence-corrected chi connectivity index (χ1v) is 13.5. The van der Waals surface area contributed by atoms with Gasteiger partial charge in [-0.05, 0) is 47.0 Å². The van der Waals surface area contributed by atoms with Crippen LogP contribution >= 0.6 is 23.1 Å². The van der Waals surface area contributed by atoms with Gasteiger partial charge in [-0.3, -0.25) is 9.59 Å². The van der Waals surface area contributed by atoms with E-state index < -0.39 is 0 Å². The zero-order valence-electron chi connectivity index (χ0n) is 19.7. The first-order chi connectivity index (χ1) is 17.5. The summed E-state index contributed by atoms with van der Waals surface area (Å²) in [5.74, 6) is 0.206. The van der Waals surface area contributed by atoms with Gasteiger partial charge in [-0.15, -0.1) is 11.3 Å². The molecular formula is C29H25N3O2S2. The van der Waals surface area contributed by atoms with Gasteiger partial charge in [0.1, 0.15) is 0 Å². The van der Waals surface area contributed by atoms with Crippen molar-refractivity contribution in [2.45, 2.75) is 23.7 Å². The van der Waals surface area contributed by atoms with Crippen LogP contribution in [-0.4, -0.2) is 22.6 Å². The van der Waals surface area contributed by atoms with Crippen LogP contribution in [0, 0.1) is 0 Å². The molecule has 0 aliphatic carbocycles. The van der Waals surface area contributed by atoms with Crippen molar-refractivity contribution >= 4 is 61.6 Å². The van der Waals surface area contributed by atoms with E-state index in [9.17, 15) is 9.59 Å². The molecule has 4 aromatic carbocycles. The molecule has 0 spiro atoms. The Kier molecular flexibility index (Phi) is 7.30. The van der Waals surface area contributed by atoms with Crippen LogP contribution in [-0.2, 0) is 16.0 Å². The number of hydrogen-bond donors (Lipinski definition) is 2. The molecule has 0 fully saturated rings. The fourth-order valence-corrected chi connectivity index (χ4v) is 6.02. The fourth-order valence-electron chi connectivity index (χ4n) is 4.10. The number of nitrogens with one attached hydrogen (secondary N) is 2. The standard InChI is InChI=1S/C29H25N3O2S2/c1-19(20-8-3-2-4-9-20)30-28(34)18-35-29-32-25-15-14-23(17-26(25)36-29)31-27(33)16-22-12-7-11-21-10-5-6-13-24(21)22/h2-15,17,19H,16,18H2,1H3,(H,30,34)(H,31,33). The second-order valence-corrected chi connectivity index (χ2v) is 10.8. The van der Waals surface area contributed by atoms with E-state index in [-0.39, 0.29) is 17.9 Å². The summed E-state index contributed by atoms with van der Waals surface area (Å²) in [5, 5.41) is 8.27. The number of nitrogens with zero attached hydrogens (tertiary/aromatic N) is 1. The lowest BCUT2D eigenvalue weighted by Gasteiger charge is -2.13. The molecule has 0 aliphatic rings. The molecule has 0 saturated heterocycles. The number of rotatable bonds is 8. The third kappa shape index (κ3) is 5.75. The van der Waals surface area contributed by atoms with Crippen LogP contribution in [0.25, 0.3) is 21.0 Å². The predicted octanol–water partition coefficient (Wildman–Crippen LogP) is 6.60. The normalized spacial score (nSPS) is 11.9. The highest BCUT2D eigenvalue weighted by Crippen LogP contribution is 2.31. The van der Waals surface area contributed by atoms with E-state index >= 15 is 0 Å². The van der Waals surface area contributed by atoms with Crippen molar-refractivity contribution in [3.8, 4) is 0 Å². The van der Waals surface area contributed by atoms with Crippen molar-refractivity contribution in [3.63, 3.8) is 0 Å². The van der Waals surface area contributed by atoms with Crippen molar-refractivity contribution in [1.82, 2.24) is 10.3 Å². The topological polar surface area (TPSA) is 71.1 Å². The van der Waals surface area contributed by atoms with Crippen LogP contribution in [0.15, 0.2) is 95.3 Å². The van der Waals surface area contributed by atoms with Crippen LogP contribution in [0.2, 0.25) is 0 Å². The van der Waals surface area contributed by atoms with E-state index in [0.29, 0.717) is 12.2 Å². The van der Waals surface area contributed by atoms with E-state index in [0.717, 1.165) is 42.1 Å². The zero-order valence-corrected chi connectivity index (χ0v) is 21.4.